The van der Waals surface area contributed by atoms with E-state index < -0.39 is 0 Å². The minimum atomic E-state index is -0.370. The molecule has 2 aromatic heterocycles. The van der Waals surface area contributed by atoms with Gasteiger partial charge in [-0.3, -0.25) is 4.98 Å². The SMILES string of the molecule is COC(=O)/C=C/c1cc2ccccc2n1Cc1ccc2ccccc2n1. The molecule has 0 fully saturated rings. The summed E-state index contributed by atoms with van der Waals surface area (Å²) in [4.78, 5) is 16.3. The summed E-state index contributed by atoms with van der Waals surface area (Å²) in [5.74, 6) is -0.370. The van der Waals surface area contributed by atoms with Crippen molar-refractivity contribution in [3.63, 3.8) is 0 Å². The zero-order chi connectivity index (χ0) is 17.9. The van der Waals surface area contributed by atoms with E-state index in [9.17, 15) is 4.79 Å². The Bertz CT molecular complexity index is 1130. The number of pyridine rings is 1. The van der Waals surface area contributed by atoms with Crippen LogP contribution in [-0.4, -0.2) is 22.6 Å². The number of benzene rings is 2. The predicted molar refractivity (Wildman–Crippen MR) is 104 cm³/mol. The number of ether oxygens (including phenoxy) is 1. The van der Waals surface area contributed by atoms with Crippen molar-refractivity contribution in [3.05, 3.63) is 84.2 Å². The van der Waals surface area contributed by atoms with Crippen LogP contribution in [-0.2, 0) is 16.1 Å². The van der Waals surface area contributed by atoms with Crippen LogP contribution < -0.4 is 0 Å². The molecule has 0 aliphatic carbocycles. The molecule has 2 aromatic carbocycles. The van der Waals surface area contributed by atoms with Gasteiger partial charge in [-0.25, -0.2) is 4.79 Å². The van der Waals surface area contributed by atoms with Crippen LogP contribution in [0.1, 0.15) is 11.4 Å². The van der Waals surface area contributed by atoms with E-state index in [1.165, 1.54) is 13.2 Å². The van der Waals surface area contributed by atoms with Crippen molar-refractivity contribution in [2.45, 2.75) is 6.54 Å². The Hall–Kier alpha value is -3.40. The second kappa shape index (κ2) is 6.84. The topological polar surface area (TPSA) is 44.1 Å². The predicted octanol–water partition coefficient (Wildman–Crippen LogP) is 4.42. The Morgan fingerprint density at radius 2 is 1.81 bits per heavy atom. The summed E-state index contributed by atoms with van der Waals surface area (Å²) in [5.41, 5.74) is 3.99. The van der Waals surface area contributed by atoms with Crippen molar-refractivity contribution in [2.24, 2.45) is 0 Å². The van der Waals surface area contributed by atoms with Crippen LogP contribution >= 0.6 is 0 Å². The molecule has 4 nitrogen and oxygen atoms in total. The highest BCUT2D eigenvalue weighted by atomic mass is 16.5. The van der Waals surface area contributed by atoms with E-state index in [-0.39, 0.29) is 5.97 Å². The molecule has 26 heavy (non-hydrogen) atoms. The molecule has 4 heteroatoms. The number of esters is 1. The zero-order valence-electron chi connectivity index (χ0n) is 14.4. The van der Waals surface area contributed by atoms with Gasteiger partial charge < -0.3 is 9.30 Å². The van der Waals surface area contributed by atoms with Crippen molar-refractivity contribution in [2.75, 3.05) is 7.11 Å². The molecule has 0 saturated carbocycles. The zero-order valence-corrected chi connectivity index (χ0v) is 14.4. The molecule has 2 heterocycles. The van der Waals surface area contributed by atoms with E-state index in [1.54, 1.807) is 6.08 Å². The summed E-state index contributed by atoms with van der Waals surface area (Å²) in [6, 6.07) is 22.4. The molecular formula is C22H18N2O2. The fourth-order valence-electron chi connectivity index (χ4n) is 3.13. The van der Waals surface area contributed by atoms with Crippen LogP contribution in [0.2, 0.25) is 0 Å². The second-order valence-corrected chi connectivity index (χ2v) is 6.07. The third kappa shape index (κ3) is 3.09. The van der Waals surface area contributed by atoms with E-state index in [1.807, 2.05) is 36.4 Å². The van der Waals surface area contributed by atoms with Gasteiger partial charge in [-0.15, -0.1) is 0 Å². The molecule has 4 aromatic rings. The van der Waals surface area contributed by atoms with Crippen LogP contribution in [0.4, 0.5) is 0 Å². The minimum absolute atomic E-state index is 0.370. The van der Waals surface area contributed by atoms with Gasteiger partial charge in [0.05, 0.1) is 24.9 Å². The van der Waals surface area contributed by atoms with Crippen LogP contribution in [0.25, 0.3) is 27.9 Å². The molecule has 0 aliphatic heterocycles. The van der Waals surface area contributed by atoms with Crippen molar-refractivity contribution in [1.29, 1.82) is 0 Å². The maximum atomic E-state index is 11.5. The van der Waals surface area contributed by atoms with Gasteiger partial charge in [0, 0.05) is 28.1 Å². The van der Waals surface area contributed by atoms with Gasteiger partial charge in [0.25, 0.3) is 0 Å². The van der Waals surface area contributed by atoms with E-state index >= 15 is 0 Å². The van der Waals surface area contributed by atoms with Crippen LogP contribution in [0.3, 0.4) is 0 Å². The standard InChI is InChI=1S/C22H18N2O2/c1-26-22(25)13-12-19-14-17-7-3-5-9-21(17)24(19)15-18-11-10-16-6-2-4-8-20(16)23-18/h2-14H,15H2,1H3/b13-12+. The summed E-state index contributed by atoms with van der Waals surface area (Å²) < 4.78 is 6.86. The normalized spacial score (nSPS) is 11.4. The van der Waals surface area contributed by atoms with Gasteiger partial charge in [0.15, 0.2) is 0 Å². The number of fused-ring (bicyclic) bond motifs is 2. The summed E-state index contributed by atoms with van der Waals surface area (Å²) in [5, 5.41) is 2.25. The summed E-state index contributed by atoms with van der Waals surface area (Å²) in [6.45, 7) is 0.624. The smallest absolute Gasteiger partial charge is 0.330 e. The Morgan fingerprint density at radius 3 is 2.65 bits per heavy atom. The van der Waals surface area contributed by atoms with Gasteiger partial charge in [-0.1, -0.05) is 42.5 Å². The van der Waals surface area contributed by atoms with Gasteiger partial charge in [-0.2, -0.15) is 0 Å². The first kappa shape index (κ1) is 16.1. The molecule has 0 saturated heterocycles. The van der Waals surface area contributed by atoms with Gasteiger partial charge >= 0.3 is 5.97 Å². The largest absolute Gasteiger partial charge is 0.466 e. The van der Waals surface area contributed by atoms with Crippen molar-refractivity contribution >= 4 is 33.9 Å². The lowest BCUT2D eigenvalue weighted by molar-refractivity contribution is -0.134. The molecule has 0 atom stereocenters. The molecule has 4 rings (SSSR count). The molecule has 0 N–H and O–H groups in total. The van der Waals surface area contributed by atoms with E-state index in [2.05, 4.69) is 34.9 Å². The maximum Gasteiger partial charge on any atom is 0.330 e. The van der Waals surface area contributed by atoms with Gasteiger partial charge in [-0.05, 0) is 30.3 Å². The first-order valence-corrected chi connectivity index (χ1v) is 8.43. The molecule has 0 aliphatic rings. The number of methoxy groups -OCH3 is 1. The highest BCUT2D eigenvalue weighted by molar-refractivity contribution is 5.89. The summed E-state index contributed by atoms with van der Waals surface area (Å²) >= 11 is 0. The van der Waals surface area contributed by atoms with Crippen LogP contribution in [0.5, 0.6) is 0 Å². The lowest BCUT2D eigenvalue weighted by Gasteiger charge is -2.09. The highest BCUT2D eigenvalue weighted by Gasteiger charge is 2.09. The van der Waals surface area contributed by atoms with E-state index in [0.717, 1.165) is 33.2 Å². The number of hydrogen-bond acceptors (Lipinski definition) is 3. The average Bonchev–Trinajstić information content (AvgIpc) is 3.03. The molecule has 0 radical (unpaired) electrons. The quantitative estimate of drug-likeness (QED) is 0.407. The van der Waals surface area contributed by atoms with Crippen LogP contribution in [0, 0.1) is 0 Å². The minimum Gasteiger partial charge on any atom is -0.466 e. The third-order valence-electron chi connectivity index (χ3n) is 4.41. The number of rotatable bonds is 4. The molecule has 0 bridgehead atoms. The molecule has 0 spiro atoms. The monoisotopic (exact) mass is 342 g/mol. The van der Waals surface area contributed by atoms with Gasteiger partial charge in [0.1, 0.15) is 0 Å². The third-order valence-corrected chi connectivity index (χ3v) is 4.41. The van der Waals surface area contributed by atoms with E-state index in [0.29, 0.717) is 6.54 Å². The molecule has 0 amide bonds. The van der Waals surface area contributed by atoms with Crippen molar-refractivity contribution in [1.82, 2.24) is 9.55 Å². The van der Waals surface area contributed by atoms with Gasteiger partial charge in [0.2, 0.25) is 0 Å². The highest BCUT2D eigenvalue weighted by Crippen LogP contribution is 2.23. The second-order valence-electron chi connectivity index (χ2n) is 6.07. The lowest BCUT2D eigenvalue weighted by Crippen LogP contribution is -2.04. The number of para-hydroxylation sites is 2. The Balaban J connectivity index is 1.78. The average molecular weight is 342 g/mol. The number of aromatic nitrogens is 2. The first-order chi connectivity index (χ1) is 12.7. The fourth-order valence-corrected chi connectivity index (χ4v) is 3.13. The first-order valence-electron chi connectivity index (χ1n) is 8.43. The number of hydrogen-bond donors (Lipinski definition) is 0. The number of carbonyl (C=O) groups excluding carboxylic acids is 1. The fraction of sp³-hybridized carbons (Fsp3) is 0.0909. The Labute approximate surface area is 151 Å². The number of carbonyl (C=O) groups is 1. The maximum absolute atomic E-state index is 11.5. The molecule has 128 valence electrons. The number of nitrogens with zero attached hydrogens (tertiary/aromatic N) is 2. The Morgan fingerprint density at radius 1 is 1.04 bits per heavy atom. The Kier molecular flexibility index (Phi) is 4.23. The van der Waals surface area contributed by atoms with Crippen molar-refractivity contribution < 1.29 is 9.53 Å². The summed E-state index contributed by atoms with van der Waals surface area (Å²) in [6.07, 6.45) is 3.23. The van der Waals surface area contributed by atoms with E-state index in [4.69, 9.17) is 9.72 Å². The van der Waals surface area contributed by atoms with Crippen LogP contribution in [0.15, 0.2) is 72.8 Å². The molecule has 0 unspecified atom stereocenters. The summed E-state index contributed by atoms with van der Waals surface area (Å²) in [7, 11) is 1.38. The van der Waals surface area contributed by atoms with Crippen molar-refractivity contribution in [3.8, 4) is 0 Å². The molecular weight excluding hydrogens is 324 g/mol. The lowest BCUT2D eigenvalue weighted by atomic mass is 10.2.